The summed E-state index contributed by atoms with van der Waals surface area (Å²) in [7, 11) is 0. The maximum atomic E-state index is 15.4. The molecule has 12 heteroatoms. The van der Waals surface area contributed by atoms with Gasteiger partial charge in [0.05, 0.1) is 26.8 Å². The lowest BCUT2D eigenvalue weighted by Gasteiger charge is -2.32. The van der Waals surface area contributed by atoms with Gasteiger partial charge in [-0.15, -0.1) is 0 Å². The molecule has 1 aliphatic rings. The van der Waals surface area contributed by atoms with E-state index in [-0.39, 0.29) is 33.5 Å². The van der Waals surface area contributed by atoms with Crippen molar-refractivity contribution in [2.75, 3.05) is 16.8 Å². The maximum Gasteiger partial charge on any atom is 0.416 e. The van der Waals surface area contributed by atoms with Crippen LogP contribution in [0.3, 0.4) is 0 Å². The van der Waals surface area contributed by atoms with Crippen LogP contribution in [0.15, 0.2) is 48.5 Å². The highest BCUT2D eigenvalue weighted by Crippen LogP contribution is 2.37. The van der Waals surface area contributed by atoms with Gasteiger partial charge in [0.2, 0.25) is 0 Å². The molecule has 0 fully saturated rings. The normalized spacial score (nSPS) is 13.3. The monoisotopic (exact) mass is 541 g/mol. The van der Waals surface area contributed by atoms with Crippen molar-refractivity contribution in [3.05, 3.63) is 96.8 Å². The number of non-ortho nitro benzene ring substituents is 1. The van der Waals surface area contributed by atoms with Crippen LogP contribution < -0.4 is 10.2 Å². The second-order valence-corrected chi connectivity index (χ2v) is 8.94. The van der Waals surface area contributed by atoms with Crippen LogP contribution in [0.1, 0.15) is 33.5 Å². The van der Waals surface area contributed by atoms with Gasteiger partial charge in [0.1, 0.15) is 0 Å². The summed E-state index contributed by atoms with van der Waals surface area (Å²) in [5.41, 5.74) is -0.195. The fourth-order valence-electron chi connectivity index (χ4n) is 4.02. The van der Waals surface area contributed by atoms with Crippen LogP contribution in [-0.2, 0) is 19.1 Å². The summed E-state index contributed by atoms with van der Waals surface area (Å²) in [6, 6.07) is 9.42. The van der Waals surface area contributed by atoms with Gasteiger partial charge in [-0.25, -0.2) is 4.39 Å². The van der Waals surface area contributed by atoms with Gasteiger partial charge in [-0.05, 0) is 48.7 Å². The van der Waals surface area contributed by atoms with Gasteiger partial charge in [0.15, 0.2) is 5.82 Å². The molecule has 3 aromatic rings. The van der Waals surface area contributed by atoms with Crippen molar-refractivity contribution in [2.24, 2.45) is 0 Å². The van der Waals surface area contributed by atoms with E-state index >= 15 is 4.39 Å². The fraction of sp³-hybridized carbons (Fsp3) is 0.208. The molecule has 0 unspecified atom stereocenters. The van der Waals surface area contributed by atoms with Crippen molar-refractivity contribution in [1.29, 1.82) is 0 Å². The molecule has 188 valence electrons. The number of halogens is 6. The second-order valence-electron chi connectivity index (χ2n) is 8.13. The minimum atomic E-state index is -4.52. The molecular weight excluding hydrogens is 525 g/mol. The summed E-state index contributed by atoms with van der Waals surface area (Å²) >= 11 is 12.1. The average Bonchev–Trinajstić information content (AvgIpc) is 2.81. The SMILES string of the molecule is O=C(Nc1ccc2c(c1F)CCCN2Cc1ccc(C(F)(F)F)cc1Cl)c1cc([N+](=O)[O-])ccc1Cl. The summed E-state index contributed by atoms with van der Waals surface area (Å²) in [6.45, 7) is 0.692. The van der Waals surface area contributed by atoms with E-state index in [0.29, 0.717) is 36.2 Å². The molecule has 0 saturated carbocycles. The summed E-state index contributed by atoms with van der Waals surface area (Å²) in [5.74, 6) is -1.49. The van der Waals surface area contributed by atoms with Gasteiger partial charge in [-0.3, -0.25) is 14.9 Å². The number of hydrogen-bond acceptors (Lipinski definition) is 4. The van der Waals surface area contributed by atoms with Crippen LogP contribution in [-0.4, -0.2) is 17.4 Å². The highest BCUT2D eigenvalue weighted by atomic mass is 35.5. The van der Waals surface area contributed by atoms with Crippen molar-refractivity contribution in [1.82, 2.24) is 0 Å². The average molecular weight is 542 g/mol. The van der Waals surface area contributed by atoms with Crippen molar-refractivity contribution in [3.63, 3.8) is 0 Å². The molecule has 0 atom stereocenters. The molecule has 0 bridgehead atoms. The van der Waals surface area contributed by atoms with Crippen LogP contribution in [0, 0.1) is 15.9 Å². The Morgan fingerprint density at radius 1 is 1.08 bits per heavy atom. The predicted octanol–water partition coefficient (Wildman–Crippen LogP) is 7.26. The molecule has 1 heterocycles. The van der Waals surface area contributed by atoms with E-state index < -0.39 is 28.4 Å². The number of alkyl halides is 3. The number of nitrogens with zero attached hydrogens (tertiary/aromatic N) is 2. The van der Waals surface area contributed by atoms with Crippen LogP contribution in [0.4, 0.5) is 34.6 Å². The zero-order valence-electron chi connectivity index (χ0n) is 18.3. The van der Waals surface area contributed by atoms with Crippen LogP contribution in [0.2, 0.25) is 10.0 Å². The molecule has 0 aromatic heterocycles. The Kier molecular flexibility index (Phi) is 7.10. The fourth-order valence-corrected chi connectivity index (χ4v) is 4.46. The number of fused-ring (bicyclic) bond motifs is 1. The molecule has 6 nitrogen and oxygen atoms in total. The minimum Gasteiger partial charge on any atom is -0.367 e. The first-order chi connectivity index (χ1) is 17.0. The van der Waals surface area contributed by atoms with Crippen LogP contribution in [0.25, 0.3) is 0 Å². The highest BCUT2D eigenvalue weighted by molar-refractivity contribution is 6.34. The first kappa shape index (κ1) is 25.7. The lowest BCUT2D eigenvalue weighted by atomic mass is 9.99. The van der Waals surface area contributed by atoms with Crippen molar-refractivity contribution in [3.8, 4) is 0 Å². The number of benzene rings is 3. The van der Waals surface area contributed by atoms with Gasteiger partial charge < -0.3 is 10.2 Å². The van der Waals surface area contributed by atoms with Crippen LogP contribution in [0.5, 0.6) is 0 Å². The Hall–Kier alpha value is -3.37. The highest BCUT2D eigenvalue weighted by Gasteiger charge is 2.31. The number of nitro benzene ring substituents is 1. The molecule has 1 aliphatic heterocycles. The third kappa shape index (κ3) is 5.24. The Balaban J connectivity index is 1.58. The molecule has 0 aliphatic carbocycles. The van der Waals surface area contributed by atoms with Crippen molar-refractivity contribution < 1.29 is 27.3 Å². The number of rotatable bonds is 5. The summed E-state index contributed by atoms with van der Waals surface area (Å²) in [4.78, 5) is 24.8. The zero-order valence-corrected chi connectivity index (χ0v) is 19.8. The number of carbonyl (C=O) groups excluding carboxylic acids is 1. The van der Waals surface area contributed by atoms with Crippen molar-refractivity contribution in [2.45, 2.75) is 25.6 Å². The maximum absolute atomic E-state index is 15.4. The Morgan fingerprint density at radius 2 is 1.83 bits per heavy atom. The van der Waals surface area contributed by atoms with Gasteiger partial charge >= 0.3 is 6.18 Å². The summed E-state index contributed by atoms with van der Waals surface area (Å²) in [5, 5.41) is 13.3. The number of nitro groups is 1. The second kappa shape index (κ2) is 9.94. The number of anilines is 2. The number of nitrogens with one attached hydrogen (secondary N) is 1. The van der Waals surface area contributed by atoms with Crippen molar-refractivity contribution >= 4 is 46.2 Å². The molecule has 1 amide bonds. The van der Waals surface area contributed by atoms with Crippen LogP contribution >= 0.6 is 23.2 Å². The third-order valence-corrected chi connectivity index (χ3v) is 6.49. The predicted molar refractivity (Wildman–Crippen MR) is 128 cm³/mol. The first-order valence-corrected chi connectivity index (χ1v) is 11.4. The molecular formula is C24H17Cl2F4N3O3. The molecule has 36 heavy (non-hydrogen) atoms. The Labute approximate surface area is 212 Å². The number of hydrogen-bond donors (Lipinski definition) is 1. The van der Waals surface area contributed by atoms with E-state index in [9.17, 15) is 28.1 Å². The quantitative estimate of drug-likeness (QED) is 0.209. The largest absolute Gasteiger partial charge is 0.416 e. The summed E-state index contributed by atoms with van der Waals surface area (Å²) < 4.78 is 54.2. The molecule has 0 saturated heterocycles. The van der Waals surface area contributed by atoms with Gasteiger partial charge in [-0.2, -0.15) is 13.2 Å². The van der Waals surface area contributed by atoms with E-state index in [1.165, 1.54) is 18.2 Å². The van der Waals surface area contributed by atoms with Gasteiger partial charge in [0.25, 0.3) is 11.6 Å². The summed E-state index contributed by atoms with van der Waals surface area (Å²) in [6.07, 6.45) is -3.57. The minimum absolute atomic E-state index is 0.0314. The third-order valence-electron chi connectivity index (χ3n) is 5.81. The van der Waals surface area contributed by atoms with E-state index in [1.54, 1.807) is 11.0 Å². The number of carbonyl (C=O) groups is 1. The van der Waals surface area contributed by atoms with E-state index in [0.717, 1.165) is 24.3 Å². The molecule has 0 spiro atoms. The van der Waals surface area contributed by atoms with E-state index in [4.69, 9.17) is 23.2 Å². The Bertz CT molecular complexity index is 1370. The zero-order chi connectivity index (χ0) is 26.2. The van der Waals surface area contributed by atoms with E-state index in [2.05, 4.69) is 5.32 Å². The lowest BCUT2D eigenvalue weighted by molar-refractivity contribution is -0.384. The standard InChI is InChI=1S/C24H17Cl2F4N3O3/c25-18-6-5-15(33(35)36)11-17(18)23(34)31-20-7-8-21-16(22(20)27)2-1-9-32(21)12-13-3-4-14(10-19(13)26)24(28,29)30/h3-8,10-11H,1-2,9,12H2,(H,31,34). The van der Waals surface area contributed by atoms with E-state index in [1.807, 2.05) is 0 Å². The molecule has 3 aromatic carbocycles. The first-order valence-electron chi connectivity index (χ1n) is 10.6. The topological polar surface area (TPSA) is 75.5 Å². The smallest absolute Gasteiger partial charge is 0.367 e. The lowest BCUT2D eigenvalue weighted by Crippen LogP contribution is -2.30. The molecule has 1 N–H and O–H groups in total. The molecule has 0 radical (unpaired) electrons. The Morgan fingerprint density at radius 3 is 2.50 bits per heavy atom. The number of amides is 1. The van der Waals surface area contributed by atoms with Gasteiger partial charge in [-0.1, -0.05) is 29.3 Å². The molecule has 4 rings (SSSR count). The van der Waals surface area contributed by atoms with Gasteiger partial charge in [0, 0.05) is 41.5 Å².